The molecule has 0 radical (unpaired) electrons. The van der Waals surface area contributed by atoms with Crippen LogP contribution < -0.4 is 5.32 Å². The third-order valence-electron chi connectivity index (χ3n) is 4.51. The molecule has 7 heteroatoms. The summed E-state index contributed by atoms with van der Waals surface area (Å²) in [6, 6.07) is -0.971. The Balaban J connectivity index is 5.45. The summed E-state index contributed by atoms with van der Waals surface area (Å²) in [7, 11) is 0. The number of hydrogen-bond acceptors (Lipinski definition) is 3. The van der Waals surface area contributed by atoms with E-state index in [4.69, 9.17) is 5.11 Å². The van der Waals surface area contributed by atoms with Gasteiger partial charge in [-0.05, 0) is 24.2 Å². The van der Waals surface area contributed by atoms with Crippen molar-refractivity contribution in [1.82, 2.24) is 5.32 Å². The van der Waals surface area contributed by atoms with Crippen molar-refractivity contribution >= 4 is 5.97 Å². The molecule has 24 heavy (non-hydrogen) atoms. The maximum absolute atomic E-state index is 12.9. The van der Waals surface area contributed by atoms with E-state index in [1.54, 1.807) is 34.6 Å². The van der Waals surface area contributed by atoms with Crippen LogP contribution in [0.3, 0.4) is 0 Å². The SMILES string of the molecule is CC(C)[C@@](NC(CCCCCO)CC(F)(F)F)(C(=O)O)C(C)(C)C. The highest BCUT2D eigenvalue weighted by Gasteiger charge is 2.52. The van der Waals surface area contributed by atoms with Gasteiger partial charge in [0.2, 0.25) is 0 Å². The van der Waals surface area contributed by atoms with Gasteiger partial charge >= 0.3 is 12.1 Å². The molecule has 0 aromatic rings. The monoisotopic (exact) mass is 355 g/mol. The first-order valence-electron chi connectivity index (χ1n) is 8.46. The van der Waals surface area contributed by atoms with Crippen LogP contribution in [-0.2, 0) is 4.79 Å². The minimum Gasteiger partial charge on any atom is -0.480 e. The zero-order valence-corrected chi connectivity index (χ0v) is 15.3. The largest absolute Gasteiger partial charge is 0.480 e. The Morgan fingerprint density at radius 1 is 1.08 bits per heavy atom. The van der Waals surface area contributed by atoms with Gasteiger partial charge < -0.3 is 10.2 Å². The Bertz CT molecular complexity index is 392. The van der Waals surface area contributed by atoms with Gasteiger partial charge in [-0.1, -0.05) is 47.5 Å². The third kappa shape index (κ3) is 6.59. The molecule has 0 heterocycles. The first kappa shape index (κ1) is 23.2. The smallest absolute Gasteiger partial charge is 0.390 e. The lowest BCUT2D eigenvalue weighted by atomic mass is 9.66. The molecule has 4 nitrogen and oxygen atoms in total. The molecule has 2 atom stereocenters. The highest BCUT2D eigenvalue weighted by Crippen LogP contribution is 2.39. The van der Waals surface area contributed by atoms with Crippen LogP contribution in [0.4, 0.5) is 13.2 Å². The van der Waals surface area contributed by atoms with Crippen LogP contribution in [0.25, 0.3) is 0 Å². The number of rotatable bonds is 10. The van der Waals surface area contributed by atoms with E-state index < -0.39 is 35.6 Å². The van der Waals surface area contributed by atoms with Gasteiger partial charge in [-0.2, -0.15) is 13.2 Å². The van der Waals surface area contributed by atoms with E-state index in [1.165, 1.54) is 0 Å². The second kappa shape index (κ2) is 9.04. The van der Waals surface area contributed by atoms with Crippen LogP contribution in [0, 0.1) is 11.3 Å². The number of aliphatic hydroxyl groups is 1. The Kier molecular flexibility index (Phi) is 8.73. The van der Waals surface area contributed by atoms with Crippen LogP contribution in [0.5, 0.6) is 0 Å². The van der Waals surface area contributed by atoms with Crippen molar-refractivity contribution in [3.05, 3.63) is 0 Å². The van der Waals surface area contributed by atoms with Gasteiger partial charge in [0.25, 0.3) is 0 Å². The molecular formula is C17H32F3NO3. The Morgan fingerprint density at radius 2 is 1.62 bits per heavy atom. The number of carboxylic acids is 1. The molecule has 0 spiro atoms. The van der Waals surface area contributed by atoms with E-state index in [0.29, 0.717) is 19.3 Å². The molecule has 0 aromatic heterocycles. The van der Waals surface area contributed by atoms with Crippen molar-refractivity contribution in [2.24, 2.45) is 11.3 Å². The summed E-state index contributed by atoms with van der Waals surface area (Å²) in [5.74, 6) is -1.52. The first-order valence-corrected chi connectivity index (χ1v) is 8.46. The molecule has 0 bridgehead atoms. The molecule has 3 N–H and O–H groups in total. The van der Waals surface area contributed by atoms with Crippen LogP contribution in [0.1, 0.15) is 66.7 Å². The van der Waals surface area contributed by atoms with Crippen molar-refractivity contribution < 1.29 is 28.2 Å². The fourth-order valence-corrected chi connectivity index (χ4v) is 3.38. The van der Waals surface area contributed by atoms with E-state index in [0.717, 1.165) is 0 Å². The number of carboxylic acid groups (broad SMARTS) is 1. The summed E-state index contributed by atoms with van der Waals surface area (Å²) in [4.78, 5) is 12.0. The predicted molar refractivity (Wildman–Crippen MR) is 87.8 cm³/mol. The second-order valence-electron chi connectivity index (χ2n) is 7.75. The van der Waals surface area contributed by atoms with E-state index in [9.17, 15) is 23.1 Å². The summed E-state index contributed by atoms with van der Waals surface area (Å²) < 4.78 is 38.8. The lowest BCUT2D eigenvalue weighted by molar-refractivity contribution is -0.160. The summed E-state index contributed by atoms with van der Waals surface area (Å²) in [6.07, 6.45) is -3.56. The van der Waals surface area contributed by atoms with Gasteiger partial charge in [0, 0.05) is 12.6 Å². The van der Waals surface area contributed by atoms with E-state index in [-0.39, 0.29) is 18.9 Å². The maximum Gasteiger partial charge on any atom is 0.390 e. The van der Waals surface area contributed by atoms with Gasteiger partial charge in [-0.3, -0.25) is 10.1 Å². The summed E-state index contributed by atoms with van der Waals surface area (Å²) in [5, 5.41) is 21.5. The minimum atomic E-state index is -4.37. The molecule has 0 aliphatic heterocycles. The van der Waals surface area contributed by atoms with Crippen molar-refractivity contribution in [2.45, 2.75) is 84.5 Å². The average Bonchev–Trinajstić information content (AvgIpc) is 2.36. The lowest BCUT2D eigenvalue weighted by Crippen LogP contribution is -2.66. The summed E-state index contributed by atoms with van der Waals surface area (Å²) in [6.45, 7) is 8.61. The Labute approximate surface area is 142 Å². The number of unbranched alkanes of at least 4 members (excludes halogenated alkanes) is 2. The van der Waals surface area contributed by atoms with E-state index in [2.05, 4.69) is 5.32 Å². The molecule has 0 aliphatic rings. The van der Waals surface area contributed by atoms with Gasteiger partial charge in [-0.25, -0.2) is 0 Å². The zero-order valence-electron chi connectivity index (χ0n) is 15.3. The minimum absolute atomic E-state index is 0.00438. The zero-order chi connectivity index (χ0) is 19.2. The molecule has 0 aliphatic carbocycles. The highest BCUT2D eigenvalue weighted by molar-refractivity contribution is 5.80. The molecular weight excluding hydrogens is 323 g/mol. The molecule has 0 saturated carbocycles. The maximum atomic E-state index is 12.9. The fraction of sp³-hybridized carbons (Fsp3) is 0.941. The molecule has 1 unspecified atom stereocenters. The van der Waals surface area contributed by atoms with Crippen molar-refractivity contribution in [1.29, 1.82) is 0 Å². The first-order chi connectivity index (χ1) is 10.8. The van der Waals surface area contributed by atoms with Gasteiger partial charge in [0.15, 0.2) is 0 Å². The average molecular weight is 355 g/mol. The number of aliphatic hydroxyl groups excluding tert-OH is 1. The summed E-state index contributed by atoms with van der Waals surface area (Å²) in [5.41, 5.74) is -2.22. The van der Waals surface area contributed by atoms with Gasteiger partial charge in [-0.15, -0.1) is 0 Å². The Morgan fingerprint density at radius 3 is 1.96 bits per heavy atom. The molecule has 0 saturated heterocycles. The fourth-order valence-electron chi connectivity index (χ4n) is 3.38. The van der Waals surface area contributed by atoms with Gasteiger partial charge in [0.1, 0.15) is 5.54 Å². The number of carbonyl (C=O) groups is 1. The number of hydrogen-bond donors (Lipinski definition) is 3. The van der Waals surface area contributed by atoms with Crippen LogP contribution in [-0.4, -0.2) is 40.5 Å². The Hall–Kier alpha value is -0.820. The van der Waals surface area contributed by atoms with E-state index >= 15 is 0 Å². The van der Waals surface area contributed by atoms with Crippen molar-refractivity contribution in [2.75, 3.05) is 6.61 Å². The van der Waals surface area contributed by atoms with Crippen molar-refractivity contribution in [3.63, 3.8) is 0 Å². The highest BCUT2D eigenvalue weighted by atomic mass is 19.4. The molecule has 0 fully saturated rings. The van der Waals surface area contributed by atoms with Crippen LogP contribution in [0.15, 0.2) is 0 Å². The second-order valence-corrected chi connectivity index (χ2v) is 7.75. The van der Waals surface area contributed by atoms with E-state index in [1.807, 2.05) is 0 Å². The number of alkyl halides is 3. The molecule has 0 rings (SSSR count). The summed E-state index contributed by atoms with van der Waals surface area (Å²) >= 11 is 0. The number of halogens is 3. The van der Waals surface area contributed by atoms with Crippen LogP contribution >= 0.6 is 0 Å². The van der Waals surface area contributed by atoms with Crippen LogP contribution in [0.2, 0.25) is 0 Å². The third-order valence-corrected chi connectivity index (χ3v) is 4.51. The topological polar surface area (TPSA) is 69.6 Å². The predicted octanol–water partition coefficient (Wildman–Crippen LogP) is 3.98. The molecule has 144 valence electrons. The number of nitrogens with one attached hydrogen (secondary N) is 1. The quantitative estimate of drug-likeness (QED) is 0.519. The molecule has 0 amide bonds. The van der Waals surface area contributed by atoms with Gasteiger partial charge in [0.05, 0.1) is 6.42 Å². The van der Waals surface area contributed by atoms with Crippen molar-refractivity contribution in [3.8, 4) is 0 Å². The number of aliphatic carboxylic acids is 1. The lowest BCUT2D eigenvalue weighted by Gasteiger charge is -2.47. The molecule has 0 aromatic carbocycles. The normalized spacial score (nSPS) is 16.9. The standard InChI is InChI=1S/C17H32F3NO3/c1-12(2)17(14(23)24,15(3,4)5)21-13(11-16(18,19)20)9-7-6-8-10-22/h12-13,21-22H,6-11H2,1-5H3,(H,23,24)/t13?,17-/m1/s1.